The van der Waals surface area contributed by atoms with Crippen molar-refractivity contribution in [1.82, 2.24) is 14.9 Å². The van der Waals surface area contributed by atoms with Crippen LogP contribution in [-0.4, -0.2) is 61.0 Å². The van der Waals surface area contributed by atoms with Gasteiger partial charge in [-0.15, -0.1) is 0 Å². The smallest absolute Gasteiger partial charge is 0.300 e. The maximum Gasteiger partial charge on any atom is 0.300 e. The summed E-state index contributed by atoms with van der Waals surface area (Å²) >= 11 is 0. The second kappa shape index (κ2) is 7.26. The van der Waals surface area contributed by atoms with Crippen molar-refractivity contribution >= 4 is 28.8 Å². The van der Waals surface area contributed by atoms with Crippen molar-refractivity contribution in [2.24, 2.45) is 0 Å². The van der Waals surface area contributed by atoms with Crippen LogP contribution in [0.3, 0.4) is 0 Å². The van der Waals surface area contributed by atoms with Gasteiger partial charge in [0.05, 0.1) is 0 Å². The SMILES string of the molecule is CN(C)c1cccc(C(=O)N2CCCN(c3nc4ncccc4o3)CC2)c1. The number of carbonyl (C=O) groups is 1. The number of carbonyl (C=O) groups excluding carboxylic acids is 1. The summed E-state index contributed by atoms with van der Waals surface area (Å²) in [4.78, 5) is 27.7. The molecule has 7 nitrogen and oxygen atoms in total. The zero-order valence-corrected chi connectivity index (χ0v) is 15.6. The molecule has 0 spiro atoms. The van der Waals surface area contributed by atoms with Gasteiger partial charge < -0.3 is 19.1 Å². The number of pyridine rings is 1. The quantitative estimate of drug-likeness (QED) is 0.711. The van der Waals surface area contributed by atoms with Gasteiger partial charge in [0, 0.05) is 57.7 Å². The number of anilines is 2. The zero-order valence-electron chi connectivity index (χ0n) is 15.6. The van der Waals surface area contributed by atoms with Gasteiger partial charge in [-0.2, -0.15) is 4.98 Å². The summed E-state index contributed by atoms with van der Waals surface area (Å²) in [7, 11) is 3.95. The van der Waals surface area contributed by atoms with Crippen LogP contribution < -0.4 is 9.80 Å². The molecule has 1 aliphatic heterocycles. The standard InChI is InChI=1S/C20H23N5O2/c1-23(2)16-7-3-6-15(14-16)19(26)24-10-5-11-25(13-12-24)20-22-18-17(27-20)8-4-9-21-18/h3-4,6-9,14H,5,10-13H2,1-2H3. The van der Waals surface area contributed by atoms with Gasteiger partial charge in [0.2, 0.25) is 5.65 Å². The molecule has 3 heterocycles. The number of benzene rings is 1. The van der Waals surface area contributed by atoms with Crippen LogP contribution in [0.15, 0.2) is 47.0 Å². The Kier molecular flexibility index (Phi) is 4.66. The van der Waals surface area contributed by atoms with E-state index in [1.54, 1.807) is 6.20 Å². The van der Waals surface area contributed by atoms with Gasteiger partial charge in [-0.3, -0.25) is 4.79 Å². The number of nitrogens with zero attached hydrogens (tertiary/aromatic N) is 5. The number of oxazole rings is 1. The molecule has 0 radical (unpaired) electrons. The molecule has 1 aromatic carbocycles. The molecule has 0 N–H and O–H groups in total. The lowest BCUT2D eigenvalue weighted by molar-refractivity contribution is 0.0767. The molecule has 0 saturated carbocycles. The highest BCUT2D eigenvalue weighted by atomic mass is 16.4. The van der Waals surface area contributed by atoms with Crippen LogP contribution in [0.2, 0.25) is 0 Å². The molecule has 3 aromatic rings. The topological polar surface area (TPSA) is 65.7 Å². The molecule has 0 unspecified atom stereocenters. The Morgan fingerprint density at radius 1 is 1.11 bits per heavy atom. The van der Waals surface area contributed by atoms with Crippen molar-refractivity contribution in [2.45, 2.75) is 6.42 Å². The Labute approximate surface area is 158 Å². The predicted octanol–water partition coefficient (Wildman–Crippen LogP) is 2.64. The van der Waals surface area contributed by atoms with E-state index in [9.17, 15) is 4.79 Å². The highest BCUT2D eigenvalue weighted by Gasteiger charge is 2.23. The first-order chi connectivity index (χ1) is 13.1. The Morgan fingerprint density at radius 2 is 2.00 bits per heavy atom. The number of hydrogen-bond donors (Lipinski definition) is 0. The van der Waals surface area contributed by atoms with Gasteiger partial charge in [0.25, 0.3) is 11.9 Å². The summed E-state index contributed by atoms with van der Waals surface area (Å²) in [5, 5.41) is 0. The second-order valence-corrected chi connectivity index (χ2v) is 6.90. The Hall–Kier alpha value is -3.09. The summed E-state index contributed by atoms with van der Waals surface area (Å²) in [5.74, 6) is 0.0692. The maximum atomic E-state index is 13.0. The fraction of sp³-hybridized carbons (Fsp3) is 0.350. The summed E-state index contributed by atoms with van der Waals surface area (Å²) < 4.78 is 5.83. The van der Waals surface area contributed by atoms with Crippen molar-refractivity contribution in [3.05, 3.63) is 48.2 Å². The van der Waals surface area contributed by atoms with E-state index >= 15 is 0 Å². The van der Waals surface area contributed by atoms with E-state index in [-0.39, 0.29) is 5.91 Å². The second-order valence-electron chi connectivity index (χ2n) is 6.90. The highest BCUT2D eigenvalue weighted by molar-refractivity contribution is 5.95. The van der Waals surface area contributed by atoms with Crippen LogP contribution in [0, 0.1) is 0 Å². The van der Waals surface area contributed by atoms with Gasteiger partial charge >= 0.3 is 0 Å². The lowest BCUT2D eigenvalue weighted by Gasteiger charge is -2.22. The highest BCUT2D eigenvalue weighted by Crippen LogP contribution is 2.22. The van der Waals surface area contributed by atoms with Gasteiger partial charge in [-0.05, 0) is 36.8 Å². The van der Waals surface area contributed by atoms with Crippen molar-refractivity contribution in [3.63, 3.8) is 0 Å². The third-order valence-corrected chi connectivity index (χ3v) is 4.82. The van der Waals surface area contributed by atoms with Gasteiger partial charge in [-0.25, -0.2) is 4.98 Å². The molecule has 1 fully saturated rings. The monoisotopic (exact) mass is 365 g/mol. The number of fused-ring (bicyclic) bond motifs is 1. The Balaban J connectivity index is 1.48. The van der Waals surface area contributed by atoms with Gasteiger partial charge in [0.15, 0.2) is 5.58 Å². The molecule has 0 aliphatic carbocycles. The average molecular weight is 365 g/mol. The average Bonchev–Trinajstić information content (AvgIpc) is 2.97. The zero-order chi connectivity index (χ0) is 18.8. The fourth-order valence-corrected chi connectivity index (χ4v) is 3.30. The maximum absolute atomic E-state index is 13.0. The van der Waals surface area contributed by atoms with Crippen LogP contribution in [0.25, 0.3) is 11.2 Å². The largest absolute Gasteiger partial charge is 0.422 e. The molecule has 4 rings (SSSR count). The lowest BCUT2D eigenvalue weighted by atomic mass is 10.1. The third kappa shape index (κ3) is 3.58. The van der Waals surface area contributed by atoms with E-state index in [4.69, 9.17) is 4.42 Å². The first-order valence-corrected chi connectivity index (χ1v) is 9.15. The van der Waals surface area contributed by atoms with E-state index in [0.717, 1.165) is 30.8 Å². The van der Waals surface area contributed by atoms with Gasteiger partial charge in [-0.1, -0.05) is 6.07 Å². The minimum atomic E-state index is 0.0692. The minimum Gasteiger partial charge on any atom is -0.422 e. The normalized spacial score (nSPS) is 15.0. The summed E-state index contributed by atoms with van der Waals surface area (Å²) in [6, 6.07) is 12.0. The van der Waals surface area contributed by atoms with E-state index in [2.05, 4.69) is 14.9 Å². The van der Waals surface area contributed by atoms with Crippen LogP contribution >= 0.6 is 0 Å². The molecule has 7 heteroatoms. The molecule has 140 valence electrons. The summed E-state index contributed by atoms with van der Waals surface area (Å²) in [5.41, 5.74) is 3.05. The first-order valence-electron chi connectivity index (χ1n) is 9.15. The van der Waals surface area contributed by atoms with E-state index in [1.165, 1.54) is 0 Å². The number of amides is 1. The molecule has 1 amide bonds. The molecule has 27 heavy (non-hydrogen) atoms. The molecule has 1 aliphatic rings. The van der Waals surface area contributed by atoms with E-state index in [1.807, 2.05) is 60.3 Å². The Morgan fingerprint density at radius 3 is 2.81 bits per heavy atom. The molecule has 0 atom stereocenters. The van der Waals surface area contributed by atoms with Crippen LogP contribution in [0.4, 0.5) is 11.7 Å². The summed E-state index contributed by atoms with van der Waals surface area (Å²) in [6.07, 6.45) is 2.57. The van der Waals surface area contributed by atoms with E-state index in [0.29, 0.717) is 30.3 Å². The Bertz CT molecular complexity index is 919. The van der Waals surface area contributed by atoms with Gasteiger partial charge in [0.1, 0.15) is 0 Å². The minimum absolute atomic E-state index is 0.0692. The van der Waals surface area contributed by atoms with Crippen molar-refractivity contribution in [1.29, 1.82) is 0 Å². The third-order valence-electron chi connectivity index (χ3n) is 4.82. The predicted molar refractivity (Wildman–Crippen MR) is 105 cm³/mol. The van der Waals surface area contributed by atoms with Crippen LogP contribution in [-0.2, 0) is 0 Å². The molecular weight excluding hydrogens is 342 g/mol. The number of hydrogen-bond acceptors (Lipinski definition) is 6. The fourth-order valence-electron chi connectivity index (χ4n) is 3.30. The molecular formula is C20H23N5O2. The first kappa shape index (κ1) is 17.3. The summed E-state index contributed by atoms with van der Waals surface area (Å²) in [6.45, 7) is 2.84. The van der Waals surface area contributed by atoms with Crippen molar-refractivity contribution in [2.75, 3.05) is 50.1 Å². The molecule has 0 bridgehead atoms. The number of rotatable bonds is 3. The van der Waals surface area contributed by atoms with Crippen LogP contribution in [0.1, 0.15) is 16.8 Å². The van der Waals surface area contributed by atoms with E-state index < -0.39 is 0 Å². The molecule has 1 saturated heterocycles. The van der Waals surface area contributed by atoms with Crippen LogP contribution in [0.5, 0.6) is 0 Å². The van der Waals surface area contributed by atoms with Crippen molar-refractivity contribution < 1.29 is 9.21 Å². The number of aromatic nitrogens is 2. The molecule has 2 aromatic heterocycles. The lowest BCUT2D eigenvalue weighted by Crippen LogP contribution is -2.35. The van der Waals surface area contributed by atoms with Crippen molar-refractivity contribution in [3.8, 4) is 0 Å².